The SMILES string of the molecule is O=C(Cc1ccc2c(c1)CCCO2)N1CC2(C[C@H](OCc3ccccn3)CS2)C1. The Balaban J connectivity index is 1.10. The quantitative estimate of drug-likeness (QED) is 0.757. The van der Waals surface area contributed by atoms with Crippen LogP contribution in [-0.2, 0) is 29.0 Å². The highest BCUT2D eigenvalue weighted by Crippen LogP contribution is 2.46. The highest BCUT2D eigenvalue weighted by atomic mass is 32.2. The zero-order valence-electron chi connectivity index (χ0n) is 16.5. The van der Waals surface area contributed by atoms with Crippen LogP contribution in [0.25, 0.3) is 0 Å². The van der Waals surface area contributed by atoms with Crippen molar-refractivity contribution in [3.05, 3.63) is 59.4 Å². The number of aryl methyl sites for hydroxylation is 1. The van der Waals surface area contributed by atoms with E-state index in [1.54, 1.807) is 6.20 Å². The third-order valence-electron chi connectivity index (χ3n) is 6.01. The third-order valence-corrected chi connectivity index (χ3v) is 7.58. The Morgan fingerprint density at radius 3 is 3.10 bits per heavy atom. The number of carbonyl (C=O) groups excluding carboxylic acids is 1. The molecule has 5 nitrogen and oxygen atoms in total. The van der Waals surface area contributed by atoms with Crippen molar-refractivity contribution in [3.8, 4) is 5.75 Å². The molecule has 6 heteroatoms. The normalized spacial score (nSPS) is 22.1. The molecule has 1 aromatic heterocycles. The van der Waals surface area contributed by atoms with Crippen LogP contribution in [0.5, 0.6) is 5.75 Å². The Kier molecular flexibility index (Phi) is 5.22. The molecule has 1 aromatic carbocycles. The van der Waals surface area contributed by atoms with Crippen molar-refractivity contribution in [1.29, 1.82) is 0 Å². The number of fused-ring (bicyclic) bond motifs is 1. The summed E-state index contributed by atoms with van der Waals surface area (Å²) in [5.74, 6) is 2.21. The van der Waals surface area contributed by atoms with Gasteiger partial charge >= 0.3 is 0 Å². The molecule has 0 aliphatic carbocycles. The molecule has 1 amide bonds. The Morgan fingerprint density at radius 1 is 1.31 bits per heavy atom. The number of hydrogen-bond acceptors (Lipinski definition) is 5. The molecule has 1 spiro atoms. The molecule has 2 aromatic rings. The van der Waals surface area contributed by atoms with Gasteiger partial charge in [-0.05, 0) is 48.6 Å². The smallest absolute Gasteiger partial charge is 0.227 e. The fourth-order valence-electron chi connectivity index (χ4n) is 4.45. The van der Waals surface area contributed by atoms with Crippen LogP contribution >= 0.6 is 11.8 Å². The zero-order valence-corrected chi connectivity index (χ0v) is 17.3. The number of likely N-dealkylation sites (tertiary alicyclic amines) is 1. The molecule has 1 atom stereocenters. The molecule has 3 aliphatic heterocycles. The van der Waals surface area contributed by atoms with Crippen molar-refractivity contribution in [3.63, 3.8) is 0 Å². The van der Waals surface area contributed by atoms with Crippen LogP contribution in [0.15, 0.2) is 42.6 Å². The van der Waals surface area contributed by atoms with Crippen LogP contribution in [0.1, 0.15) is 29.7 Å². The second-order valence-corrected chi connectivity index (χ2v) is 9.76. The summed E-state index contributed by atoms with van der Waals surface area (Å²) >= 11 is 1.96. The van der Waals surface area contributed by atoms with Gasteiger partial charge in [-0.2, -0.15) is 0 Å². The third kappa shape index (κ3) is 4.14. The fraction of sp³-hybridized carbons (Fsp3) is 0.478. The molecule has 0 unspecified atom stereocenters. The Hall–Kier alpha value is -2.05. The van der Waals surface area contributed by atoms with Gasteiger partial charge in [-0.3, -0.25) is 9.78 Å². The molecular weight excluding hydrogens is 384 g/mol. The second kappa shape index (κ2) is 8.00. The maximum Gasteiger partial charge on any atom is 0.227 e. The van der Waals surface area contributed by atoms with Crippen molar-refractivity contribution in [2.75, 3.05) is 25.4 Å². The first-order valence-corrected chi connectivity index (χ1v) is 11.4. The van der Waals surface area contributed by atoms with Gasteiger partial charge in [0.2, 0.25) is 5.91 Å². The standard InChI is InChI=1S/C23H26N2O3S/c26-22(11-17-6-7-21-18(10-17)4-3-9-27-21)25-15-23(16-25)12-20(14-29-23)28-13-19-5-1-2-8-24-19/h1-2,5-8,10,20H,3-4,9,11-16H2/t20-/m0/s1. The predicted octanol–water partition coefficient (Wildman–Crippen LogP) is 3.25. The summed E-state index contributed by atoms with van der Waals surface area (Å²) in [5, 5.41) is 0. The number of carbonyl (C=O) groups is 1. The monoisotopic (exact) mass is 410 g/mol. The highest BCUT2D eigenvalue weighted by Gasteiger charge is 2.50. The Morgan fingerprint density at radius 2 is 2.24 bits per heavy atom. The summed E-state index contributed by atoms with van der Waals surface area (Å²) in [5.41, 5.74) is 3.30. The first-order chi connectivity index (χ1) is 14.2. The number of amides is 1. The van der Waals surface area contributed by atoms with Gasteiger partial charge in [0.05, 0.1) is 36.2 Å². The average Bonchev–Trinajstić information content (AvgIpc) is 3.17. The summed E-state index contributed by atoms with van der Waals surface area (Å²) < 4.78 is 11.9. The van der Waals surface area contributed by atoms with Gasteiger partial charge in [-0.1, -0.05) is 18.2 Å². The molecule has 29 heavy (non-hydrogen) atoms. The molecule has 0 bridgehead atoms. The number of thioether (sulfide) groups is 1. The lowest BCUT2D eigenvalue weighted by molar-refractivity contribution is -0.136. The van der Waals surface area contributed by atoms with Gasteiger partial charge in [0.25, 0.3) is 0 Å². The summed E-state index contributed by atoms with van der Waals surface area (Å²) in [6.45, 7) is 3.04. The minimum atomic E-state index is 0.189. The lowest BCUT2D eigenvalue weighted by Crippen LogP contribution is -2.61. The molecular formula is C23H26N2O3S. The van der Waals surface area contributed by atoms with Crippen molar-refractivity contribution < 1.29 is 14.3 Å². The molecule has 152 valence electrons. The fourth-order valence-corrected chi connectivity index (χ4v) is 6.00. The maximum atomic E-state index is 12.7. The maximum absolute atomic E-state index is 12.7. The number of nitrogens with zero attached hydrogens (tertiary/aromatic N) is 2. The van der Waals surface area contributed by atoms with Crippen LogP contribution in [0.4, 0.5) is 0 Å². The molecule has 0 N–H and O–H groups in total. The lowest BCUT2D eigenvalue weighted by atomic mass is 9.92. The Labute approximate surface area is 175 Å². The van der Waals surface area contributed by atoms with E-state index in [9.17, 15) is 4.79 Å². The molecule has 2 saturated heterocycles. The highest BCUT2D eigenvalue weighted by molar-refractivity contribution is 8.01. The molecule has 0 saturated carbocycles. The van der Waals surface area contributed by atoms with E-state index in [4.69, 9.17) is 9.47 Å². The number of rotatable bonds is 5. The number of benzene rings is 1. The molecule has 2 fully saturated rings. The molecule has 3 aliphatic rings. The number of ether oxygens (including phenoxy) is 2. The minimum Gasteiger partial charge on any atom is -0.493 e. The molecule has 5 rings (SSSR count). The molecule has 0 radical (unpaired) electrons. The van der Waals surface area contributed by atoms with Crippen molar-refractivity contribution in [2.24, 2.45) is 0 Å². The summed E-state index contributed by atoms with van der Waals surface area (Å²) in [6.07, 6.45) is 5.65. The van der Waals surface area contributed by atoms with E-state index < -0.39 is 0 Å². The van der Waals surface area contributed by atoms with E-state index in [0.717, 1.165) is 61.7 Å². The van der Waals surface area contributed by atoms with E-state index in [-0.39, 0.29) is 16.8 Å². The van der Waals surface area contributed by atoms with Crippen LogP contribution < -0.4 is 4.74 Å². The second-order valence-electron chi connectivity index (χ2n) is 8.27. The van der Waals surface area contributed by atoms with E-state index in [1.165, 1.54) is 5.56 Å². The van der Waals surface area contributed by atoms with Crippen LogP contribution in [0, 0.1) is 0 Å². The van der Waals surface area contributed by atoms with E-state index >= 15 is 0 Å². The predicted molar refractivity (Wildman–Crippen MR) is 113 cm³/mol. The van der Waals surface area contributed by atoms with Gasteiger partial charge < -0.3 is 14.4 Å². The van der Waals surface area contributed by atoms with E-state index in [2.05, 4.69) is 11.1 Å². The van der Waals surface area contributed by atoms with Crippen LogP contribution in [0.2, 0.25) is 0 Å². The lowest BCUT2D eigenvalue weighted by Gasteiger charge is -2.47. The topological polar surface area (TPSA) is 51.7 Å². The van der Waals surface area contributed by atoms with E-state index in [0.29, 0.717) is 13.0 Å². The zero-order chi connectivity index (χ0) is 19.7. The van der Waals surface area contributed by atoms with Gasteiger partial charge in [0.1, 0.15) is 5.75 Å². The van der Waals surface area contributed by atoms with Crippen molar-refractivity contribution in [2.45, 2.75) is 43.1 Å². The minimum absolute atomic E-state index is 0.189. The summed E-state index contributed by atoms with van der Waals surface area (Å²) in [7, 11) is 0. The summed E-state index contributed by atoms with van der Waals surface area (Å²) in [6, 6.07) is 12.1. The van der Waals surface area contributed by atoms with Gasteiger partial charge in [0, 0.05) is 25.0 Å². The summed E-state index contributed by atoms with van der Waals surface area (Å²) in [4.78, 5) is 19.1. The average molecular weight is 411 g/mol. The van der Waals surface area contributed by atoms with Gasteiger partial charge in [0.15, 0.2) is 0 Å². The van der Waals surface area contributed by atoms with Gasteiger partial charge in [-0.15, -0.1) is 11.8 Å². The van der Waals surface area contributed by atoms with E-state index in [1.807, 2.05) is 47.0 Å². The Bertz CT molecular complexity index is 883. The number of aromatic nitrogens is 1. The van der Waals surface area contributed by atoms with Crippen LogP contribution in [-0.4, -0.2) is 52.1 Å². The first kappa shape index (κ1) is 18.9. The van der Waals surface area contributed by atoms with Crippen molar-refractivity contribution >= 4 is 17.7 Å². The largest absolute Gasteiger partial charge is 0.493 e. The van der Waals surface area contributed by atoms with Gasteiger partial charge in [-0.25, -0.2) is 0 Å². The molecule has 4 heterocycles. The number of pyridine rings is 1. The van der Waals surface area contributed by atoms with Crippen LogP contribution in [0.3, 0.4) is 0 Å². The number of hydrogen-bond donors (Lipinski definition) is 0. The van der Waals surface area contributed by atoms with Crippen molar-refractivity contribution in [1.82, 2.24) is 9.88 Å². The first-order valence-electron chi connectivity index (χ1n) is 10.4.